The van der Waals surface area contributed by atoms with E-state index < -0.39 is 0 Å². The molecule has 5 nitrogen and oxygen atoms in total. The smallest absolute Gasteiger partial charge is 0.131 e. The Morgan fingerprint density at radius 1 is 0.964 bits per heavy atom. The topological polar surface area (TPSA) is 80.5 Å². The van der Waals surface area contributed by atoms with Crippen molar-refractivity contribution in [1.82, 2.24) is 14.5 Å². The van der Waals surface area contributed by atoms with Gasteiger partial charge in [0.05, 0.1) is 30.2 Å². The fourth-order valence-electron chi connectivity index (χ4n) is 3.19. The zero-order valence-corrected chi connectivity index (χ0v) is 15.3. The lowest BCUT2D eigenvalue weighted by Crippen LogP contribution is -2.07. The van der Waals surface area contributed by atoms with Crippen LogP contribution >= 0.6 is 0 Å². The molecule has 0 atom stereocenters. The molecule has 0 saturated heterocycles. The van der Waals surface area contributed by atoms with Gasteiger partial charge in [-0.3, -0.25) is 0 Å². The molecule has 0 spiro atoms. The molecule has 0 fully saturated rings. The summed E-state index contributed by atoms with van der Waals surface area (Å²) in [5.41, 5.74) is 12.0. The third-order valence-electron chi connectivity index (χ3n) is 4.67. The lowest BCUT2D eigenvalue weighted by atomic mass is 10.1. The Kier molecular flexibility index (Phi) is 4.85. The van der Waals surface area contributed by atoms with E-state index in [1.54, 1.807) is 0 Å². The Balaban J connectivity index is 1.53. The molecule has 0 aliphatic heterocycles. The molecule has 0 saturated carbocycles. The molecule has 0 amide bonds. The number of aromatic nitrogens is 3. The minimum absolute atomic E-state index is 0.525. The molecule has 2 aromatic heterocycles. The van der Waals surface area contributed by atoms with Crippen LogP contribution in [0.15, 0.2) is 79.3 Å². The van der Waals surface area contributed by atoms with Gasteiger partial charge in [0.15, 0.2) is 0 Å². The number of nitrogen functional groups attached to an aromatic ring is 1. The van der Waals surface area contributed by atoms with Crippen LogP contribution in [0.5, 0.6) is 0 Å². The van der Waals surface area contributed by atoms with E-state index >= 15 is 0 Å². The Labute approximate surface area is 163 Å². The normalized spacial score (nSPS) is 10.5. The van der Waals surface area contributed by atoms with Gasteiger partial charge in [-0.05, 0) is 35.4 Å². The van der Waals surface area contributed by atoms with E-state index in [1.807, 2.05) is 79.3 Å². The second-order valence-corrected chi connectivity index (χ2v) is 6.60. The van der Waals surface area contributed by atoms with E-state index in [1.165, 1.54) is 0 Å². The molecule has 0 unspecified atom stereocenters. The number of benzene rings is 2. The van der Waals surface area contributed by atoms with E-state index in [-0.39, 0.29) is 0 Å². The second kappa shape index (κ2) is 7.77. The first-order valence-electron chi connectivity index (χ1n) is 9.02. The predicted octanol–water partition coefficient (Wildman–Crippen LogP) is 4.04. The molecule has 4 rings (SSSR count). The van der Waals surface area contributed by atoms with Crippen LogP contribution in [0.3, 0.4) is 0 Å². The highest BCUT2D eigenvalue weighted by Crippen LogP contribution is 2.24. The molecule has 4 aromatic rings. The zero-order chi connectivity index (χ0) is 19.3. The van der Waals surface area contributed by atoms with Crippen LogP contribution in [0.25, 0.3) is 11.1 Å². The van der Waals surface area contributed by atoms with E-state index in [9.17, 15) is 0 Å². The van der Waals surface area contributed by atoms with Gasteiger partial charge in [-0.15, -0.1) is 0 Å². The number of hydrogen-bond donors (Lipinski definition) is 1. The summed E-state index contributed by atoms with van der Waals surface area (Å²) in [6.07, 6.45) is 4.41. The average Bonchev–Trinajstić information content (AvgIpc) is 3.16. The third kappa shape index (κ3) is 3.76. The van der Waals surface area contributed by atoms with Gasteiger partial charge in [-0.2, -0.15) is 5.26 Å². The van der Waals surface area contributed by atoms with E-state index in [2.05, 4.69) is 20.6 Å². The highest BCUT2D eigenvalue weighted by molar-refractivity contribution is 5.73. The fraction of sp³-hybridized carbons (Fsp3) is 0.0870. The average molecular weight is 365 g/mol. The first kappa shape index (κ1) is 17.5. The van der Waals surface area contributed by atoms with Crippen molar-refractivity contribution in [3.8, 4) is 17.2 Å². The quantitative estimate of drug-likeness (QED) is 0.579. The molecular weight excluding hydrogens is 346 g/mol. The second-order valence-electron chi connectivity index (χ2n) is 6.60. The van der Waals surface area contributed by atoms with Crippen molar-refractivity contribution in [2.24, 2.45) is 0 Å². The summed E-state index contributed by atoms with van der Waals surface area (Å²) in [6, 6.07) is 23.8. The van der Waals surface area contributed by atoms with Gasteiger partial charge in [0, 0.05) is 23.9 Å². The van der Waals surface area contributed by atoms with Crippen molar-refractivity contribution < 1.29 is 0 Å². The standard InChI is InChI=1S/C23H19N5/c24-13-18-8-6-17(7-9-18)12-21-14-26-16-28(21)15-20-10-11-22(23(25)27-20)19-4-2-1-3-5-19/h1-11,14,16H,12,15H2,(H2,25,27). The molecule has 0 bridgehead atoms. The molecule has 2 heterocycles. The predicted molar refractivity (Wildman–Crippen MR) is 109 cm³/mol. The summed E-state index contributed by atoms with van der Waals surface area (Å²) in [7, 11) is 0. The number of anilines is 1. The molecular formula is C23H19N5. The number of nitrogens with zero attached hydrogens (tertiary/aromatic N) is 4. The largest absolute Gasteiger partial charge is 0.383 e. The Morgan fingerprint density at radius 2 is 1.75 bits per heavy atom. The van der Waals surface area contributed by atoms with Crippen LogP contribution in [-0.2, 0) is 13.0 Å². The summed E-state index contributed by atoms with van der Waals surface area (Å²) < 4.78 is 2.07. The van der Waals surface area contributed by atoms with Gasteiger partial charge in [-0.25, -0.2) is 9.97 Å². The highest BCUT2D eigenvalue weighted by atomic mass is 15.1. The number of nitriles is 1. The molecule has 0 radical (unpaired) electrons. The van der Waals surface area contributed by atoms with E-state index in [0.717, 1.165) is 34.5 Å². The van der Waals surface area contributed by atoms with Gasteiger partial charge in [0.2, 0.25) is 0 Å². The van der Waals surface area contributed by atoms with Gasteiger partial charge in [0.1, 0.15) is 5.82 Å². The van der Waals surface area contributed by atoms with Crippen LogP contribution in [0.4, 0.5) is 5.82 Å². The maximum atomic E-state index is 8.93. The molecule has 2 aromatic carbocycles. The molecule has 136 valence electrons. The van der Waals surface area contributed by atoms with E-state index in [4.69, 9.17) is 11.0 Å². The Morgan fingerprint density at radius 3 is 2.46 bits per heavy atom. The van der Waals surface area contributed by atoms with Gasteiger partial charge in [0.25, 0.3) is 0 Å². The van der Waals surface area contributed by atoms with Crippen molar-refractivity contribution >= 4 is 5.82 Å². The van der Waals surface area contributed by atoms with Crippen molar-refractivity contribution in [1.29, 1.82) is 5.26 Å². The van der Waals surface area contributed by atoms with Crippen LogP contribution in [0.1, 0.15) is 22.5 Å². The summed E-state index contributed by atoms with van der Waals surface area (Å²) in [6.45, 7) is 0.602. The number of hydrogen-bond acceptors (Lipinski definition) is 4. The van der Waals surface area contributed by atoms with Crippen molar-refractivity contribution in [3.63, 3.8) is 0 Å². The monoisotopic (exact) mass is 365 g/mol. The lowest BCUT2D eigenvalue weighted by molar-refractivity contribution is 0.736. The summed E-state index contributed by atoms with van der Waals surface area (Å²) >= 11 is 0. The Bertz CT molecular complexity index is 1120. The van der Waals surface area contributed by atoms with Crippen molar-refractivity contribution in [3.05, 3.63) is 102 Å². The summed E-state index contributed by atoms with van der Waals surface area (Å²) in [4.78, 5) is 8.88. The number of nitrogens with two attached hydrogens (primary N) is 1. The molecule has 2 N–H and O–H groups in total. The molecule has 28 heavy (non-hydrogen) atoms. The first-order chi connectivity index (χ1) is 13.7. The maximum Gasteiger partial charge on any atom is 0.131 e. The van der Waals surface area contributed by atoms with Crippen LogP contribution < -0.4 is 5.73 Å². The van der Waals surface area contributed by atoms with Gasteiger partial charge < -0.3 is 10.3 Å². The minimum Gasteiger partial charge on any atom is -0.383 e. The number of imidazole rings is 1. The number of pyridine rings is 1. The Hall–Kier alpha value is -3.91. The summed E-state index contributed by atoms with van der Waals surface area (Å²) in [5.74, 6) is 0.525. The van der Waals surface area contributed by atoms with Gasteiger partial charge in [-0.1, -0.05) is 42.5 Å². The van der Waals surface area contributed by atoms with Crippen LogP contribution in [0, 0.1) is 11.3 Å². The third-order valence-corrected chi connectivity index (χ3v) is 4.67. The lowest BCUT2D eigenvalue weighted by Gasteiger charge is -2.11. The van der Waals surface area contributed by atoms with Crippen LogP contribution in [-0.4, -0.2) is 14.5 Å². The maximum absolute atomic E-state index is 8.93. The fourth-order valence-corrected chi connectivity index (χ4v) is 3.19. The molecule has 0 aliphatic rings. The molecule has 0 aliphatic carbocycles. The summed E-state index contributed by atoms with van der Waals surface area (Å²) in [5, 5.41) is 8.93. The zero-order valence-electron chi connectivity index (χ0n) is 15.3. The number of rotatable bonds is 5. The SMILES string of the molecule is N#Cc1ccc(Cc2cncn2Cc2ccc(-c3ccccc3)c(N)n2)cc1. The van der Waals surface area contributed by atoms with Crippen molar-refractivity contribution in [2.45, 2.75) is 13.0 Å². The first-order valence-corrected chi connectivity index (χ1v) is 9.02. The molecule has 5 heteroatoms. The van der Waals surface area contributed by atoms with Crippen molar-refractivity contribution in [2.75, 3.05) is 5.73 Å². The van der Waals surface area contributed by atoms with Crippen LogP contribution in [0.2, 0.25) is 0 Å². The minimum atomic E-state index is 0.525. The highest BCUT2D eigenvalue weighted by Gasteiger charge is 2.08. The van der Waals surface area contributed by atoms with Gasteiger partial charge >= 0.3 is 0 Å². The van der Waals surface area contributed by atoms with E-state index in [0.29, 0.717) is 17.9 Å².